The molecular weight excluding hydrogens is 190 g/mol. The molecule has 2 rings (SSSR count). The fraction of sp³-hybridized carbons (Fsp3) is 0.600. The number of rotatable bonds is 4. The number of anilines is 2. The molecule has 0 amide bonds. The molecule has 15 heavy (non-hydrogen) atoms. The maximum Gasteiger partial charge on any atom is 0.148 e. The van der Waals surface area contributed by atoms with Crippen molar-refractivity contribution in [1.82, 2.24) is 9.97 Å². The zero-order valence-electron chi connectivity index (χ0n) is 9.20. The molecule has 0 bridgehead atoms. The van der Waals surface area contributed by atoms with Crippen LogP contribution in [0.5, 0.6) is 0 Å². The SMILES string of the molecule is CCN(c1ncnc(NN)c1C)C1CC1. The second-order valence-electron chi connectivity index (χ2n) is 3.83. The second-order valence-corrected chi connectivity index (χ2v) is 3.83. The van der Waals surface area contributed by atoms with E-state index in [1.54, 1.807) is 6.33 Å². The molecule has 1 aromatic heterocycles. The van der Waals surface area contributed by atoms with Gasteiger partial charge in [0.15, 0.2) is 0 Å². The topological polar surface area (TPSA) is 67.1 Å². The van der Waals surface area contributed by atoms with Crippen LogP contribution in [0.15, 0.2) is 6.33 Å². The lowest BCUT2D eigenvalue weighted by molar-refractivity contribution is 0.799. The summed E-state index contributed by atoms with van der Waals surface area (Å²) in [4.78, 5) is 10.7. The van der Waals surface area contributed by atoms with Crippen molar-refractivity contribution >= 4 is 11.6 Å². The highest BCUT2D eigenvalue weighted by Gasteiger charge is 2.30. The first-order chi connectivity index (χ1) is 7.27. The van der Waals surface area contributed by atoms with Gasteiger partial charge in [-0.05, 0) is 26.7 Å². The molecule has 1 aliphatic rings. The molecular formula is C10H17N5. The summed E-state index contributed by atoms with van der Waals surface area (Å²) in [5.74, 6) is 7.10. The molecule has 1 saturated carbocycles. The Kier molecular flexibility index (Phi) is 2.73. The summed E-state index contributed by atoms with van der Waals surface area (Å²) >= 11 is 0. The van der Waals surface area contributed by atoms with E-state index in [9.17, 15) is 0 Å². The molecule has 1 aliphatic carbocycles. The van der Waals surface area contributed by atoms with E-state index < -0.39 is 0 Å². The normalized spacial score (nSPS) is 15.1. The summed E-state index contributed by atoms with van der Waals surface area (Å²) in [6.07, 6.45) is 4.09. The minimum Gasteiger partial charge on any atom is -0.354 e. The van der Waals surface area contributed by atoms with Crippen LogP contribution >= 0.6 is 0 Å². The number of nitrogens with two attached hydrogens (primary N) is 1. The predicted octanol–water partition coefficient (Wildman–Crippen LogP) is 1.06. The van der Waals surface area contributed by atoms with Crippen LogP contribution in [-0.4, -0.2) is 22.6 Å². The first kappa shape index (κ1) is 10.2. The molecule has 5 heteroatoms. The van der Waals surface area contributed by atoms with Gasteiger partial charge in [-0.1, -0.05) is 0 Å². The molecule has 1 fully saturated rings. The monoisotopic (exact) mass is 207 g/mol. The first-order valence-corrected chi connectivity index (χ1v) is 5.32. The van der Waals surface area contributed by atoms with Gasteiger partial charge < -0.3 is 10.3 Å². The maximum absolute atomic E-state index is 5.39. The molecule has 0 saturated heterocycles. The number of aromatic nitrogens is 2. The van der Waals surface area contributed by atoms with Gasteiger partial charge in [-0.2, -0.15) is 0 Å². The van der Waals surface area contributed by atoms with E-state index in [0.717, 1.165) is 17.9 Å². The van der Waals surface area contributed by atoms with Crippen LogP contribution in [0, 0.1) is 6.92 Å². The van der Waals surface area contributed by atoms with Crippen molar-refractivity contribution < 1.29 is 0 Å². The van der Waals surface area contributed by atoms with Gasteiger partial charge >= 0.3 is 0 Å². The van der Waals surface area contributed by atoms with Crippen LogP contribution in [0.4, 0.5) is 11.6 Å². The Bertz CT molecular complexity index is 348. The highest BCUT2D eigenvalue weighted by Crippen LogP contribution is 2.32. The Morgan fingerprint density at radius 1 is 1.53 bits per heavy atom. The largest absolute Gasteiger partial charge is 0.354 e. The van der Waals surface area contributed by atoms with Crippen LogP contribution in [0.25, 0.3) is 0 Å². The predicted molar refractivity (Wildman–Crippen MR) is 60.6 cm³/mol. The van der Waals surface area contributed by atoms with E-state index in [-0.39, 0.29) is 0 Å². The van der Waals surface area contributed by atoms with E-state index in [0.29, 0.717) is 11.9 Å². The number of nitrogens with zero attached hydrogens (tertiary/aromatic N) is 3. The summed E-state index contributed by atoms with van der Waals surface area (Å²) in [5, 5.41) is 0. The molecule has 1 heterocycles. The number of nitrogens with one attached hydrogen (secondary N) is 1. The minimum absolute atomic E-state index is 0.661. The van der Waals surface area contributed by atoms with Gasteiger partial charge in [-0.15, -0.1) is 0 Å². The molecule has 3 N–H and O–H groups in total. The highest BCUT2D eigenvalue weighted by molar-refractivity contribution is 5.58. The second kappa shape index (κ2) is 4.02. The summed E-state index contributed by atoms with van der Waals surface area (Å²) in [6, 6.07) is 0.661. The average molecular weight is 207 g/mol. The smallest absolute Gasteiger partial charge is 0.148 e. The van der Waals surface area contributed by atoms with Crippen molar-refractivity contribution in [3.05, 3.63) is 11.9 Å². The Hall–Kier alpha value is -1.36. The van der Waals surface area contributed by atoms with Crippen molar-refractivity contribution in [3.8, 4) is 0 Å². The van der Waals surface area contributed by atoms with Gasteiger partial charge in [0.05, 0.1) is 0 Å². The molecule has 0 radical (unpaired) electrons. The molecule has 0 aromatic carbocycles. The van der Waals surface area contributed by atoms with Crippen LogP contribution in [0.2, 0.25) is 0 Å². The van der Waals surface area contributed by atoms with Gasteiger partial charge in [0.2, 0.25) is 0 Å². The summed E-state index contributed by atoms with van der Waals surface area (Å²) in [5.41, 5.74) is 3.62. The van der Waals surface area contributed by atoms with Gasteiger partial charge in [0, 0.05) is 18.2 Å². The van der Waals surface area contributed by atoms with Crippen molar-refractivity contribution in [2.24, 2.45) is 5.84 Å². The number of hydrogen-bond acceptors (Lipinski definition) is 5. The van der Waals surface area contributed by atoms with E-state index in [1.807, 2.05) is 6.92 Å². The quantitative estimate of drug-likeness (QED) is 0.571. The number of hydrogen-bond donors (Lipinski definition) is 2. The standard InChI is InChI=1S/C10H17N5/c1-3-15(8-4-5-8)10-7(2)9(14-11)12-6-13-10/h6,8H,3-5,11H2,1-2H3,(H,12,13,14). The fourth-order valence-corrected chi connectivity index (χ4v) is 1.84. The fourth-order valence-electron chi connectivity index (χ4n) is 1.84. The Morgan fingerprint density at radius 2 is 2.27 bits per heavy atom. The zero-order chi connectivity index (χ0) is 10.8. The van der Waals surface area contributed by atoms with Gasteiger partial charge in [0.25, 0.3) is 0 Å². The molecule has 0 unspecified atom stereocenters. The third kappa shape index (κ3) is 1.87. The molecule has 0 atom stereocenters. The third-order valence-corrected chi connectivity index (χ3v) is 2.79. The van der Waals surface area contributed by atoms with Crippen molar-refractivity contribution in [2.45, 2.75) is 32.7 Å². The molecule has 82 valence electrons. The summed E-state index contributed by atoms with van der Waals surface area (Å²) in [7, 11) is 0. The van der Waals surface area contributed by atoms with Crippen LogP contribution in [-0.2, 0) is 0 Å². The van der Waals surface area contributed by atoms with Crippen molar-refractivity contribution in [3.63, 3.8) is 0 Å². The van der Waals surface area contributed by atoms with E-state index in [1.165, 1.54) is 12.8 Å². The Labute approximate surface area is 89.7 Å². The van der Waals surface area contributed by atoms with Crippen LogP contribution < -0.4 is 16.2 Å². The molecule has 0 spiro atoms. The highest BCUT2D eigenvalue weighted by atomic mass is 15.3. The Morgan fingerprint density at radius 3 is 2.80 bits per heavy atom. The van der Waals surface area contributed by atoms with Gasteiger partial charge in [0.1, 0.15) is 18.0 Å². The zero-order valence-corrected chi connectivity index (χ0v) is 9.20. The van der Waals surface area contributed by atoms with E-state index in [4.69, 9.17) is 5.84 Å². The molecule has 0 aliphatic heterocycles. The van der Waals surface area contributed by atoms with Crippen LogP contribution in [0.1, 0.15) is 25.3 Å². The van der Waals surface area contributed by atoms with Gasteiger partial charge in [-0.25, -0.2) is 15.8 Å². The van der Waals surface area contributed by atoms with Gasteiger partial charge in [-0.3, -0.25) is 0 Å². The summed E-state index contributed by atoms with van der Waals surface area (Å²) in [6.45, 7) is 5.12. The van der Waals surface area contributed by atoms with E-state index >= 15 is 0 Å². The lowest BCUT2D eigenvalue weighted by Gasteiger charge is -2.23. The maximum atomic E-state index is 5.39. The number of hydrazine groups is 1. The molecule has 1 aromatic rings. The number of nitrogen functional groups attached to an aromatic ring is 1. The Balaban J connectivity index is 2.33. The average Bonchev–Trinajstić information content (AvgIpc) is 3.06. The van der Waals surface area contributed by atoms with Crippen LogP contribution in [0.3, 0.4) is 0 Å². The summed E-state index contributed by atoms with van der Waals surface area (Å²) < 4.78 is 0. The van der Waals surface area contributed by atoms with Crippen molar-refractivity contribution in [2.75, 3.05) is 16.9 Å². The minimum atomic E-state index is 0.661. The third-order valence-electron chi connectivity index (χ3n) is 2.79. The lowest BCUT2D eigenvalue weighted by Crippen LogP contribution is -2.27. The van der Waals surface area contributed by atoms with Crippen molar-refractivity contribution in [1.29, 1.82) is 0 Å². The lowest BCUT2D eigenvalue weighted by atomic mass is 10.3. The first-order valence-electron chi connectivity index (χ1n) is 5.32. The molecule has 5 nitrogen and oxygen atoms in total. The van der Waals surface area contributed by atoms with E-state index in [2.05, 4.69) is 27.2 Å².